The molecule has 5 nitrogen and oxygen atoms in total. The minimum Gasteiger partial charge on any atom is -0.550 e. The molecule has 2 rings (SSSR count). The summed E-state index contributed by atoms with van der Waals surface area (Å²) in [5.74, 6) is -0.0667. The molecule has 1 aromatic heterocycles. The van der Waals surface area contributed by atoms with Gasteiger partial charge in [-0.2, -0.15) is 0 Å². The molecule has 146 valence electrons. The number of nitrogens with zero attached hydrogens (tertiary/aromatic N) is 2. The van der Waals surface area contributed by atoms with Crippen molar-refractivity contribution in [3.8, 4) is 5.75 Å². The second-order valence-electron chi connectivity index (χ2n) is 6.77. The lowest BCUT2D eigenvalue weighted by molar-refractivity contribution is -0.305. The number of carbonyl (C=O) groups excluding carboxylic acids is 1. The van der Waals surface area contributed by atoms with Crippen LogP contribution in [0, 0.1) is 0 Å². The molecule has 5 heteroatoms. The smallest absolute Gasteiger partial charge is 0.118 e. The summed E-state index contributed by atoms with van der Waals surface area (Å²) in [7, 11) is 1.68. The predicted octanol–water partition coefficient (Wildman–Crippen LogP) is 3.54. The fourth-order valence-corrected chi connectivity index (χ4v) is 3.07. The molecule has 0 atom stereocenters. The summed E-state index contributed by atoms with van der Waals surface area (Å²) in [5.41, 5.74) is 2.72. The van der Waals surface area contributed by atoms with Crippen LogP contribution in [0.4, 0.5) is 0 Å². The van der Waals surface area contributed by atoms with Crippen molar-refractivity contribution >= 4 is 5.97 Å². The molecule has 1 aromatic carbocycles. The first-order valence-corrected chi connectivity index (χ1v) is 9.64. The molecule has 0 N–H and O–H groups in total. The molecule has 0 aliphatic heterocycles. The number of imidazole rings is 1. The molecular weight excluding hydrogens is 340 g/mol. The normalized spacial score (nSPS) is 11.5. The third kappa shape index (κ3) is 8.58. The van der Waals surface area contributed by atoms with Gasteiger partial charge >= 0.3 is 0 Å². The van der Waals surface area contributed by atoms with Crippen LogP contribution in [0.3, 0.4) is 0 Å². The second-order valence-corrected chi connectivity index (χ2v) is 6.77. The van der Waals surface area contributed by atoms with Gasteiger partial charge in [0.2, 0.25) is 0 Å². The fraction of sp³-hybridized carbons (Fsp3) is 0.455. The SMILES string of the molecule is COc1ccc(CCC/C(=C/CCCCCC(=O)[O-])Cn2ccnc2)cc1. The van der Waals surface area contributed by atoms with E-state index in [0.717, 1.165) is 50.8 Å². The number of carboxylic acids is 1. The summed E-state index contributed by atoms with van der Waals surface area (Å²) in [6.45, 7) is 0.863. The molecule has 1 heterocycles. The van der Waals surface area contributed by atoms with E-state index in [2.05, 4.69) is 27.8 Å². The minimum atomic E-state index is -0.954. The monoisotopic (exact) mass is 369 g/mol. The van der Waals surface area contributed by atoms with E-state index in [1.165, 1.54) is 11.1 Å². The summed E-state index contributed by atoms with van der Waals surface area (Å²) < 4.78 is 7.29. The zero-order valence-electron chi connectivity index (χ0n) is 16.1. The predicted molar refractivity (Wildman–Crippen MR) is 104 cm³/mol. The number of methoxy groups -OCH3 is 1. The zero-order chi connectivity index (χ0) is 19.3. The van der Waals surface area contributed by atoms with Crippen LogP contribution in [0.25, 0.3) is 0 Å². The molecule has 0 amide bonds. The Morgan fingerprint density at radius 2 is 1.96 bits per heavy atom. The second kappa shape index (κ2) is 11.9. The number of rotatable bonds is 13. The Hall–Kier alpha value is -2.56. The highest BCUT2D eigenvalue weighted by Crippen LogP contribution is 2.17. The number of carbonyl (C=O) groups is 1. The van der Waals surface area contributed by atoms with Gasteiger partial charge in [0.1, 0.15) is 5.75 Å². The summed E-state index contributed by atoms with van der Waals surface area (Å²) in [5, 5.41) is 10.5. The lowest BCUT2D eigenvalue weighted by Crippen LogP contribution is -2.21. The average Bonchev–Trinajstić information content (AvgIpc) is 3.17. The van der Waals surface area contributed by atoms with Gasteiger partial charge in [0, 0.05) is 24.9 Å². The Balaban J connectivity index is 1.79. The third-order valence-corrected chi connectivity index (χ3v) is 4.59. The van der Waals surface area contributed by atoms with Gasteiger partial charge in [-0.1, -0.05) is 30.2 Å². The van der Waals surface area contributed by atoms with Crippen molar-refractivity contribution in [3.05, 3.63) is 60.2 Å². The number of unbranched alkanes of at least 4 members (excludes halogenated alkanes) is 3. The van der Waals surface area contributed by atoms with E-state index < -0.39 is 5.97 Å². The Morgan fingerprint density at radius 1 is 1.15 bits per heavy atom. The Bertz CT molecular complexity index is 691. The number of benzene rings is 1. The number of hydrogen-bond donors (Lipinski definition) is 0. The van der Waals surface area contributed by atoms with E-state index in [-0.39, 0.29) is 6.42 Å². The molecule has 27 heavy (non-hydrogen) atoms. The molecule has 0 saturated heterocycles. The van der Waals surface area contributed by atoms with Crippen LogP contribution in [0.1, 0.15) is 50.5 Å². The average molecular weight is 369 g/mol. The number of aliphatic carboxylic acids is 1. The van der Waals surface area contributed by atoms with Gasteiger partial charge in [0.25, 0.3) is 0 Å². The van der Waals surface area contributed by atoms with E-state index in [4.69, 9.17) is 4.74 Å². The zero-order valence-corrected chi connectivity index (χ0v) is 16.1. The molecule has 0 fully saturated rings. The number of hydrogen-bond acceptors (Lipinski definition) is 4. The van der Waals surface area contributed by atoms with Crippen molar-refractivity contribution in [2.24, 2.45) is 0 Å². The fourth-order valence-electron chi connectivity index (χ4n) is 3.07. The lowest BCUT2D eigenvalue weighted by Gasteiger charge is -2.10. The van der Waals surface area contributed by atoms with Gasteiger partial charge in [0.15, 0.2) is 0 Å². The van der Waals surface area contributed by atoms with Crippen LogP contribution in [0.2, 0.25) is 0 Å². The highest BCUT2D eigenvalue weighted by molar-refractivity contribution is 5.64. The maximum absolute atomic E-state index is 10.5. The largest absolute Gasteiger partial charge is 0.550 e. The minimum absolute atomic E-state index is 0.160. The van der Waals surface area contributed by atoms with Crippen molar-refractivity contribution in [2.45, 2.75) is 57.9 Å². The number of ether oxygens (including phenoxy) is 1. The van der Waals surface area contributed by atoms with Gasteiger partial charge in [-0.05, 0) is 62.6 Å². The molecule has 2 aromatic rings. The van der Waals surface area contributed by atoms with Crippen LogP contribution in [-0.2, 0) is 17.8 Å². The summed E-state index contributed by atoms with van der Waals surface area (Å²) in [6, 6.07) is 8.25. The van der Waals surface area contributed by atoms with Crippen molar-refractivity contribution < 1.29 is 14.6 Å². The highest BCUT2D eigenvalue weighted by Gasteiger charge is 2.02. The van der Waals surface area contributed by atoms with Gasteiger partial charge in [-0.3, -0.25) is 0 Å². The van der Waals surface area contributed by atoms with Gasteiger partial charge in [0.05, 0.1) is 13.4 Å². The first kappa shape index (κ1) is 20.7. The molecule has 0 radical (unpaired) electrons. The van der Waals surface area contributed by atoms with E-state index in [1.54, 1.807) is 13.3 Å². The number of aryl methyl sites for hydroxylation is 1. The van der Waals surface area contributed by atoms with Gasteiger partial charge < -0.3 is 19.2 Å². The molecular formula is C22H29N2O3-. The molecule has 0 bridgehead atoms. The topological polar surface area (TPSA) is 67.2 Å². The van der Waals surface area contributed by atoms with E-state index in [9.17, 15) is 9.90 Å². The third-order valence-electron chi connectivity index (χ3n) is 4.59. The lowest BCUT2D eigenvalue weighted by atomic mass is 10.0. The standard InChI is InChI=1S/C22H30N2O3/c1-27-21-13-11-19(12-14-21)8-6-9-20(17-24-16-15-23-18-24)7-4-2-3-5-10-22(25)26/h7,11-16,18H,2-6,8-10,17H2,1H3,(H,25,26)/p-1/b20-7-. The quantitative estimate of drug-likeness (QED) is 0.400. The van der Waals surface area contributed by atoms with Crippen molar-refractivity contribution in [1.82, 2.24) is 9.55 Å². The van der Waals surface area contributed by atoms with Crippen LogP contribution >= 0.6 is 0 Å². The van der Waals surface area contributed by atoms with Crippen LogP contribution in [-0.4, -0.2) is 22.6 Å². The first-order chi connectivity index (χ1) is 13.2. The number of carboxylic acid groups (broad SMARTS) is 1. The van der Waals surface area contributed by atoms with E-state index in [0.29, 0.717) is 6.42 Å². The van der Waals surface area contributed by atoms with Gasteiger partial charge in [-0.15, -0.1) is 0 Å². The summed E-state index contributed by atoms with van der Waals surface area (Å²) in [4.78, 5) is 14.6. The maximum atomic E-state index is 10.5. The molecule has 0 aliphatic rings. The molecule has 0 unspecified atom stereocenters. The Morgan fingerprint density at radius 3 is 2.63 bits per heavy atom. The van der Waals surface area contributed by atoms with Crippen LogP contribution < -0.4 is 9.84 Å². The molecule has 0 aliphatic carbocycles. The van der Waals surface area contributed by atoms with E-state index >= 15 is 0 Å². The number of aromatic nitrogens is 2. The summed E-state index contributed by atoms with van der Waals surface area (Å²) >= 11 is 0. The highest BCUT2D eigenvalue weighted by atomic mass is 16.5. The van der Waals surface area contributed by atoms with E-state index in [1.807, 2.05) is 24.7 Å². The number of allylic oxidation sites excluding steroid dienone is 2. The Kier molecular flexibility index (Phi) is 9.18. The van der Waals surface area contributed by atoms with Crippen molar-refractivity contribution in [2.75, 3.05) is 7.11 Å². The molecule has 0 saturated carbocycles. The maximum Gasteiger partial charge on any atom is 0.118 e. The van der Waals surface area contributed by atoms with Crippen LogP contribution in [0.15, 0.2) is 54.6 Å². The first-order valence-electron chi connectivity index (χ1n) is 9.64. The summed E-state index contributed by atoms with van der Waals surface area (Å²) in [6.07, 6.45) is 14.9. The van der Waals surface area contributed by atoms with Crippen molar-refractivity contribution in [1.29, 1.82) is 0 Å². The van der Waals surface area contributed by atoms with Gasteiger partial charge in [-0.25, -0.2) is 4.98 Å². The van der Waals surface area contributed by atoms with Crippen LogP contribution in [0.5, 0.6) is 5.75 Å². The molecule has 0 spiro atoms. The van der Waals surface area contributed by atoms with Crippen molar-refractivity contribution in [3.63, 3.8) is 0 Å². The Labute approximate surface area is 161 Å².